The standard InChI is InChI=1S/C10H16Br2O4/c1-10(2,16-9(14)4-6-12)7-15-8(13)3-5-11/h3-7H2,1-2H3. The molecule has 6 heteroatoms. The molecule has 0 bridgehead atoms. The lowest BCUT2D eigenvalue weighted by Crippen LogP contribution is -2.34. The van der Waals surface area contributed by atoms with Crippen molar-refractivity contribution in [3.8, 4) is 0 Å². The topological polar surface area (TPSA) is 52.6 Å². The van der Waals surface area contributed by atoms with Gasteiger partial charge in [-0.05, 0) is 13.8 Å². The highest BCUT2D eigenvalue weighted by atomic mass is 79.9. The van der Waals surface area contributed by atoms with Crippen LogP contribution in [0.4, 0.5) is 0 Å². The van der Waals surface area contributed by atoms with Gasteiger partial charge in [-0.25, -0.2) is 0 Å². The summed E-state index contributed by atoms with van der Waals surface area (Å²) in [6.07, 6.45) is 0.615. The van der Waals surface area contributed by atoms with Crippen LogP contribution >= 0.6 is 31.9 Å². The fraction of sp³-hybridized carbons (Fsp3) is 0.800. The molecule has 94 valence electrons. The van der Waals surface area contributed by atoms with Crippen LogP contribution in [0.2, 0.25) is 0 Å². The summed E-state index contributed by atoms with van der Waals surface area (Å²) in [4.78, 5) is 22.3. The third-order valence-corrected chi connectivity index (χ3v) is 2.36. The molecular weight excluding hydrogens is 344 g/mol. The summed E-state index contributed by atoms with van der Waals surface area (Å²) in [7, 11) is 0. The van der Waals surface area contributed by atoms with E-state index in [9.17, 15) is 9.59 Å². The van der Waals surface area contributed by atoms with E-state index in [1.165, 1.54) is 0 Å². The van der Waals surface area contributed by atoms with Crippen molar-refractivity contribution in [2.45, 2.75) is 32.3 Å². The van der Waals surface area contributed by atoms with Crippen LogP contribution in [-0.2, 0) is 19.1 Å². The third kappa shape index (κ3) is 8.10. The number of carbonyl (C=O) groups excluding carboxylic acids is 2. The minimum atomic E-state index is -0.777. The first kappa shape index (κ1) is 15.9. The smallest absolute Gasteiger partial charge is 0.307 e. The van der Waals surface area contributed by atoms with E-state index in [1.54, 1.807) is 13.8 Å². The van der Waals surface area contributed by atoms with Crippen LogP contribution in [0, 0.1) is 0 Å². The molecule has 0 spiro atoms. The first-order chi connectivity index (χ1) is 7.41. The molecule has 0 aliphatic rings. The van der Waals surface area contributed by atoms with Crippen molar-refractivity contribution in [3.63, 3.8) is 0 Å². The summed E-state index contributed by atoms with van der Waals surface area (Å²) in [5.41, 5.74) is -0.777. The zero-order chi connectivity index (χ0) is 12.6. The van der Waals surface area contributed by atoms with Crippen LogP contribution in [0.1, 0.15) is 26.7 Å². The molecule has 0 saturated carbocycles. The minimum absolute atomic E-state index is 0.0762. The normalized spacial score (nSPS) is 11.0. The van der Waals surface area contributed by atoms with E-state index in [1.807, 2.05) is 0 Å². The van der Waals surface area contributed by atoms with Crippen molar-refractivity contribution in [3.05, 3.63) is 0 Å². The first-order valence-corrected chi connectivity index (χ1v) is 7.15. The summed E-state index contributed by atoms with van der Waals surface area (Å²) in [6, 6.07) is 0. The summed E-state index contributed by atoms with van der Waals surface area (Å²) in [5, 5.41) is 1.13. The molecule has 0 aromatic carbocycles. The summed E-state index contributed by atoms with van der Waals surface area (Å²) < 4.78 is 10.1. The number of halogens is 2. The summed E-state index contributed by atoms with van der Waals surface area (Å²) in [5.74, 6) is -0.611. The van der Waals surface area contributed by atoms with Gasteiger partial charge in [-0.3, -0.25) is 9.59 Å². The second-order valence-corrected chi connectivity index (χ2v) is 5.36. The van der Waals surface area contributed by atoms with Crippen LogP contribution in [0.3, 0.4) is 0 Å². The van der Waals surface area contributed by atoms with Crippen molar-refractivity contribution in [1.82, 2.24) is 0 Å². The number of ether oxygens (including phenoxy) is 2. The molecule has 0 unspecified atom stereocenters. The lowest BCUT2D eigenvalue weighted by Gasteiger charge is -2.24. The van der Waals surface area contributed by atoms with Crippen LogP contribution in [-0.4, -0.2) is 34.8 Å². The molecule has 0 N–H and O–H groups in total. The van der Waals surface area contributed by atoms with Gasteiger partial charge in [-0.1, -0.05) is 31.9 Å². The molecule has 4 nitrogen and oxygen atoms in total. The van der Waals surface area contributed by atoms with Gasteiger partial charge in [0.1, 0.15) is 12.2 Å². The fourth-order valence-corrected chi connectivity index (χ4v) is 1.52. The zero-order valence-corrected chi connectivity index (χ0v) is 12.6. The van der Waals surface area contributed by atoms with Gasteiger partial charge in [0.15, 0.2) is 0 Å². The first-order valence-electron chi connectivity index (χ1n) is 4.90. The van der Waals surface area contributed by atoms with Gasteiger partial charge >= 0.3 is 11.9 Å². The Hall–Kier alpha value is -0.100. The van der Waals surface area contributed by atoms with Crippen molar-refractivity contribution in [2.75, 3.05) is 17.3 Å². The SMILES string of the molecule is CC(C)(COC(=O)CCBr)OC(=O)CCBr. The van der Waals surface area contributed by atoms with E-state index in [2.05, 4.69) is 31.9 Å². The Morgan fingerprint density at radius 3 is 2.06 bits per heavy atom. The lowest BCUT2D eigenvalue weighted by molar-refractivity contribution is -0.168. The third-order valence-electron chi connectivity index (χ3n) is 1.57. The van der Waals surface area contributed by atoms with Gasteiger partial charge in [0.2, 0.25) is 0 Å². The van der Waals surface area contributed by atoms with Crippen LogP contribution < -0.4 is 0 Å². The highest BCUT2D eigenvalue weighted by molar-refractivity contribution is 9.09. The van der Waals surface area contributed by atoms with Gasteiger partial charge in [0, 0.05) is 10.7 Å². The molecule has 0 radical (unpaired) electrons. The molecule has 0 heterocycles. The molecule has 0 aromatic rings. The molecule has 0 rings (SSSR count). The minimum Gasteiger partial charge on any atom is -0.461 e. The Morgan fingerprint density at radius 2 is 1.56 bits per heavy atom. The highest BCUT2D eigenvalue weighted by Crippen LogP contribution is 2.12. The Balaban J connectivity index is 3.94. The van der Waals surface area contributed by atoms with Gasteiger partial charge < -0.3 is 9.47 Å². The maximum absolute atomic E-state index is 11.2. The second-order valence-electron chi connectivity index (χ2n) is 3.77. The number of esters is 2. The van der Waals surface area contributed by atoms with Crippen molar-refractivity contribution in [1.29, 1.82) is 0 Å². The van der Waals surface area contributed by atoms with Crippen molar-refractivity contribution < 1.29 is 19.1 Å². The molecule has 0 aliphatic carbocycles. The molecule has 0 aliphatic heterocycles. The zero-order valence-electron chi connectivity index (χ0n) is 9.42. The molecule has 16 heavy (non-hydrogen) atoms. The molecule has 0 atom stereocenters. The number of hydrogen-bond acceptors (Lipinski definition) is 4. The maximum Gasteiger partial charge on any atom is 0.307 e. The van der Waals surface area contributed by atoms with E-state index in [-0.39, 0.29) is 18.5 Å². The van der Waals surface area contributed by atoms with Gasteiger partial charge in [0.25, 0.3) is 0 Å². The number of rotatable bonds is 7. The van der Waals surface area contributed by atoms with Crippen LogP contribution in [0.25, 0.3) is 0 Å². The molecule has 0 fully saturated rings. The summed E-state index contributed by atoms with van der Waals surface area (Å²) in [6.45, 7) is 3.49. The van der Waals surface area contributed by atoms with Gasteiger partial charge in [-0.15, -0.1) is 0 Å². The quantitative estimate of drug-likeness (QED) is 0.517. The average Bonchev–Trinajstić information content (AvgIpc) is 2.15. The second kappa shape index (κ2) is 8.06. The Kier molecular flexibility index (Phi) is 8.01. The number of carbonyl (C=O) groups is 2. The largest absolute Gasteiger partial charge is 0.461 e. The molecule has 0 amide bonds. The predicted molar refractivity (Wildman–Crippen MR) is 68.0 cm³/mol. The summed E-state index contributed by atoms with van der Waals surface area (Å²) >= 11 is 6.29. The molecular formula is C10H16Br2O4. The van der Waals surface area contributed by atoms with Crippen LogP contribution in [0.15, 0.2) is 0 Å². The van der Waals surface area contributed by atoms with Crippen molar-refractivity contribution in [2.24, 2.45) is 0 Å². The van der Waals surface area contributed by atoms with E-state index >= 15 is 0 Å². The van der Waals surface area contributed by atoms with E-state index < -0.39 is 5.60 Å². The van der Waals surface area contributed by atoms with E-state index in [0.29, 0.717) is 23.5 Å². The van der Waals surface area contributed by atoms with Crippen molar-refractivity contribution >= 4 is 43.8 Å². The Labute approximate surface area is 112 Å². The maximum atomic E-state index is 11.2. The lowest BCUT2D eigenvalue weighted by atomic mass is 10.1. The number of hydrogen-bond donors (Lipinski definition) is 0. The van der Waals surface area contributed by atoms with Crippen LogP contribution in [0.5, 0.6) is 0 Å². The monoisotopic (exact) mass is 358 g/mol. The van der Waals surface area contributed by atoms with E-state index in [0.717, 1.165) is 0 Å². The molecule has 0 saturated heterocycles. The fourth-order valence-electron chi connectivity index (χ4n) is 0.869. The van der Waals surface area contributed by atoms with Gasteiger partial charge in [0.05, 0.1) is 12.8 Å². The predicted octanol–water partition coefficient (Wildman–Crippen LogP) is 2.42. The average molecular weight is 360 g/mol. The van der Waals surface area contributed by atoms with E-state index in [4.69, 9.17) is 9.47 Å². The molecule has 0 aromatic heterocycles. The van der Waals surface area contributed by atoms with Gasteiger partial charge in [-0.2, -0.15) is 0 Å². The highest BCUT2D eigenvalue weighted by Gasteiger charge is 2.24. The Bertz CT molecular complexity index is 241. The number of alkyl halides is 2. The Morgan fingerprint density at radius 1 is 1.06 bits per heavy atom.